The second-order valence-corrected chi connectivity index (χ2v) is 6.25. The SMILES string of the molecule is COc1ccc(/C=N/n2c(C(F)F)n[nH]c2=S)cc1COc1cccc([N+](=O)[O-])c1. The summed E-state index contributed by atoms with van der Waals surface area (Å²) in [6.45, 7) is 0.0550. The number of nitrogens with one attached hydrogen (secondary N) is 1. The van der Waals surface area contributed by atoms with Gasteiger partial charge in [0.15, 0.2) is 0 Å². The lowest BCUT2D eigenvalue weighted by Crippen LogP contribution is -2.02. The smallest absolute Gasteiger partial charge is 0.299 e. The molecule has 3 rings (SSSR count). The predicted octanol–water partition coefficient (Wildman–Crippen LogP) is 4.26. The first kappa shape index (κ1) is 21.0. The quantitative estimate of drug-likeness (QED) is 0.245. The molecule has 0 aliphatic heterocycles. The Labute approximate surface area is 173 Å². The average molecular weight is 435 g/mol. The first-order valence-corrected chi connectivity index (χ1v) is 8.84. The predicted molar refractivity (Wildman–Crippen MR) is 106 cm³/mol. The van der Waals surface area contributed by atoms with Crippen molar-refractivity contribution in [2.45, 2.75) is 13.0 Å². The minimum atomic E-state index is -2.84. The second-order valence-electron chi connectivity index (χ2n) is 5.86. The summed E-state index contributed by atoms with van der Waals surface area (Å²) in [6.07, 6.45) is -1.50. The molecule has 0 saturated carbocycles. The molecule has 3 aromatic rings. The van der Waals surface area contributed by atoms with Crippen LogP contribution >= 0.6 is 12.2 Å². The molecule has 0 unspecified atom stereocenters. The average Bonchev–Trinajstić information content (AvgIpc) is 3.11. The first-order chi connectivity index (χ1) is 14.4. The van der Waals surface area contributed by atoms with Gasteiger partial charge in [-0.1, -0.05) is 6.07 Å². The fraction of sp³-hybridized carbons (Fsp3) is 0.167. The molecule has 0 amide bonds. The molecule has 1 N–H and O–H groups in total. The van der Waals surface area contributed by atoms with Crippen molar-refractivity contribution in [2.24, 2.45) is 5.10 Å². The van der Waals surface area contributed by atoms with Crippen molar-refractivity contribution in [1.82, 2.24) is 14.9 Å². The van der Waals surface area contributed by atoms with Gasteiger partial charge in [0.05, 0.1) is 24.3 Å². The number of hydrogen-bond acceptors (Lipinski definition) is 7. The lowest BCUT2D eigenvalue weighted by Gasteiger charge is -2.11. The van der Waals surface area contributed by atoms with Crippen molar-refractivity contribution >= 4 is 24.1 Å². The summed E-state index contributed by atoms with van der Waals surface area (Å²) in [4.78, 5) is 10.4. The summed E-state index contributed by atoms with van der Waals surface area (Å²) in [5, 5.41) is 20.6. The number of halogens is 2. The molecule has 0 fully saturated rings. The highest BCUT2D eigenvalue weighted by molar-refractivity contribution is 7.71. The monoisotopic (exact) mass is 435 g/mol. The van der Waals surface area contributed by atoms with Crippen LogP contribution in [0.4, 0.5) is 14.5 Å². The van der Waals surface area contributed by atoms with Crippen LogP contribution in [0.3, 0.4) is 0 Å². The maximum Gasteiger partial charge on any atom is 0.299 e. The van der Waals surface area contributed by atoms with Gasteiger partial charge in [0, 0.05) is 11.6 Å². The molecular formula is C18H15F2N5O4S. The zero-order chi connectivity index (χ0) is 21.7. The van der Waals surface area contributed by atoms with E-state index in [1.54, 1.807) is 24.3 Å². The van der Waals surface area contributed by atoms with Gasteiger partial charge in [0.25, 0.3) is 12.1 Å². The molecule has 0 atom stereocenters. The molecule has 0 aliphatic rings. The Morgan fingerprint density at radius 2 is 2.17 bits per heavy atom. The number of alkyl halides is 2. The molecule has 0 aliphatic carbocycles. The molecule has 30 heavy (non-hydrogen) atoms. The number of nitrogens with zero attached hydrogens (tertiary/aromatic N) is 4. The Hall–Kier alpha value is -3.67. The molecule has 0 bridgehead atoms. The number of hydrogen-bond donors (Lipinski definition) is 1. The van der Waals surface area contributed by atoms with Gasteiger partial charge in [-0.15, -0.1) is 0 Å². The second kappa shape index (κ2) is 9.22. The van der Waals surface area contributed by atoms with Crippen LogP contribution in [0.25, 0.3) is 0 Å². The normalized spacial score (nSPS) is 11.2. The molecule has 156 valence electrons. The number of rotatable bonds is 8. The van der Waals surface area contributed by atoms with E-state index in [9.17, 15) is 18.9 Å². The van der Waals surface area contributed by atoms with E-state index in [4.69, 9.17) is 21.7 Å². The topological polar surface area (TPSA) is 108 Å². The first-order valence-electron chi connectivity index (χ1n) is 8.43. The van der Waals surface area contributed by atoms with Crippen LogP contribution < -0.4 is 9.47 Å². The number of aromatic amines is 1. The summed E-state index contributed by atoms with van der Waals surface area (Å²) >= 11 is 4.91. The molecule has 0 saturated heterocycles. The maximum atomic E-state index is 13.0. The third kappa shape index (κ3) is 4.84. The van der Waals surface area contributed by atoms with E-state index in [2.05, 4.69) is 15.3 Å². The number of aromatic nitrogens is 3. The number of nitro groups is 1. The number of H-pyrrole nitrogens is 1. The van der Waals surface area contributed by atoms with Crippen LogP contribution in [0.1, 0.15) is 23.4 Å². The van der Waals surface area contributed by atoms with Gasteiger partial charge in [-0.25, -0.2) is 13.9 Å². The molecule has 1 heterocycles. The lowest BCUT2D eigenvalue weighted by atomic mass is 10.1. The van der Waals surface area contributed by atoms with Gasteiger partial charge >= 0.3 is 0 Å². The van der Waals surface area contributed by atoms with Crippen LogP contribution in [0.15, 0.2) is 47.6 Å². The fourth-order valence-corrected chi connectivity index (χ4v) is 2.71. The van der Waals surface area contributed by atoms with E-state index in [1.165, 1.54) is 31.5 Å². The summed E-state index contributed by atoms with van der Waals surface area (Å²) in [5.41, 5.74) is 1.10. The third-order valence-corrected chi connectivity index (χ3v) is 4.18. The standard InChI is InChI=1S/C18H15F2N5O4S/c1-28-15-6-5-11(9-21-24-17(16(19)20)22-23-18(24)30)7-12(15)10-29-14-4-2-3-13(8-14)25(26)27/h2-9,16H,10H2,1H3,(H,23,30)/b21-9+. The van der Waals surface area contributed by atoms with Crippen molar-refractivity contribution in [1.29, 1.82) is 0 Å². The fourth-order valence-electron chi connectivity index (χ4n) is 2.52. The van der Waals surface area contributed by atoms with Crippen LogP contribution in [0, 0.1) is 14.9 Å². The van der Waals surface area contributed by atoms with E-state index in [0.29, 0.717) is 22.6 Å². The zero-order valence-corrected chi connectivity index (χ0v) is 16.3. The number of ether oxygens (including phenoxy) is 2. The largest absolute Gasteiger partial charge is 0.496 e. The van der Waals surface area contributed by atoms with Crippen LogP contribution in [0.5, 0.6) is 11.5 Å². The summed E-state index contributed by atoms with van der Waals surface area (Å²) < 4.78 is 37.7. The molecule has 12 heteroatoms. The highest BCUT2D eigenvalue weighted by Crippen LogP contribution is 2.24. The Balaban J connectivity index is 1.82. The highest BCUT2D eigenvalue weighted by atomic mass is 32.1. The zero-order valence-electron chi connectivity index (χ0n) is 15.5. The highest BCUT2D eigenvalue weighted by Gasteiger charge is 2.16. The Morgan fingerprint density at radius 3 is 2.87 bits per heavy atom. The molecule has 1 aromatic heterocycles. The molecule has 0 spiro atoms. The van der Waals surface area contributed by atoms with Gasteiger partial charge in [-0.2, -0.15) is 14.9 Å². The molecule has 2 aromatic carbocycles. The number of non-ortho nitro benzene ring substituents is 1. The van der Waals surface area contributed by atoms with Crippen LogP contribution in [0.2, 0.25) is 0 Å². The van der Waals surface area contributed by atoms with E-state index >= 15 is 0 Å². The van der Waals surface area contributed by atoms with Crippen molar-refractivity contribution in [3.63, 3.8) is 0 Å². The van der Waals surface area contributed by atoms with Gasteiger partial charge in [-0.3, -0.25) is 10.1 Å². The van der Waals surface area contributed by atoms with E-state index < -0.39 is 17.2 Å². The third-order valence-electron chi connectivity index (χ3n) is 3.92. The Bertz CT molecular complexity index is 1150. The van der Waals surface area contributed by atoms with Crippen molar-refractivity contribution in [2.75, 3.05) is 7.11 Å². The summed E-state index contributed by atoms with van der Waals surface area (Å²) in [5.74, 6) is 0.237. The van der Waals surface area contributed by atoms with Crippen molar-refractivity contribution in [3.05, 3.63) is 74.3 Å². The van der Waals surface area contributed by atoms with Crippen molar-refractivity contribution in [3.8, 4) is 11.5 Å². The molecule has 9 nitrogen and oxygen atoms in total. The number of benzene rings is 2. The van der Waals surface area contributed by atoms with Gasteiger partial charge in [0.1, 0.15) is 18.1 Å². The van der Waals surface area contributed by atoms with Gasteiger partial charge in [-0.05, 0) is 42.0 Å². The molecule has 0 radical (unpaired) electrons. The van der Waals surface area contributed by atoms with Gasteiger partial charge < -0.3 is 9.47 Å². The minimum absolute atomic E-state index is 0.0550. The maximum absolute atomic E-state index is 13.0. The summed E-state index contributed by atoms with van der Waals surface area (Å²) in [7, 11) is 1.49. The lowest BCUT2D eigenvalue weighted by molar-refractivity contribution is -0.384. The van der Waals surface area contributed by atoms with Crippen molar-refractivity contribution < 1.29 is 23.2 Å². The Kier molecular flexibility index (Phi) is 6.47. The number of nitro benzene ring substituents is 1. The Morgan fingerprint density at radius 1 is 1.37 bits per heavy atom. The van der Waals surface area contributed by atoms with E-state index in [1.807, 2.05) is 0 Å². The van der Waals surface area contributed by atoms with E-state index in [0.717, 1.165) is 4.68 Å². The molecular weight excluding hydrogens is 420 g/mol. The minimum Gasteiger partial charge on any atom is -0.496 e. The van der Waals surface area contributed by atoms with Crippen LogP contribution in [-0.4, -0.2) is 33.1 Å². The number of methoxy groups -OCH3 is 1. The van der Waals surface area contributed by atoms with Crippen LogP contribution in [-0.2, 0) is 6.61 Å². The van der Waals surface area contributed by atoms with Gasteiger partial charge in [0.2, 0.25) is 10.6 Å². The van der Waals surface area contributed by atoms with E-state index in [-0.39, 0.29) is 17.1 Å². The summed E-state index contributed by atoms with van der Waals surface area (Å²) in [6, 6.07) is 10.8.